The number of thiophene rings is 1. The molecule has 0 unspecified atom stereocenters. The predicted octanol–water partition coefficient (Wildman–Crippen LogP) is 2.69. The summed E-state index contributed by atoms with van der Waals surface area (Å²) in [6.45, 7) is 1.42. The normalized spacial score (nSPS) is 11.5. The second-order valence-corrected chi connectivity index (χ2v) is 5.66. The van der Waals surface area contributed by atoms with E-state index in [2.05, 4.69) is 5.32 Å². The topological polar surface area (TPSA) is 98.5 Å². The zero-order chi connectivity index (χ0) is 16.8. The highest BCUT2D eigenvalue weighted by atomic mass is 32.1. The third kappa shape index (κ3) is 4.62. The van der Waals surface area contributed by atoms with Crippen LogP contribution >= 0.6 is 11.3 Å². The van der Waals surface area contributed by atoms with Crippen molar-refractivity contribution in [1.29, 1.82) is 0 Å². The van der Waals surface area contributed by atoms with E-state index in [1.54, 1.807) is 0 Å². The molecule has 0 saturated heterocycles. The number of nitrogens with zero attached hydrogens (tertiary/aromatic N) is 1. The number of hydrogen-bond acceptors (Lipinski definition) is 6. The van der Waals surface area contributed by atoms with Crippen LogP contribution in [0.15, 0.2) is 41.8 Å². The fourth-order valence-corrected chi connectivity index (χ4v) is 2.56. The third-order valence-corrected chi connectivity index (χ3v) is 4.05. The zero-order valence-electron chi connectivity index (χ0n) is 12.2. The van der Waals surface area contributed by atoms with Crippen molar-refractivity contribution < 1.29 is 19.2 Å². The second kappa shape index (κ2) is 7.50. The highest BCUT2D eigenvalue weighted by molar-refractivity contribution is 7.10. The predicted molar refractivity (Wildman–Crippen MR) is 84.3 cm³/mol. The van der Waals surface area contributed by atoms with Crippen molar-refractivity contribution in [3.8, 4) is 0 Å². The van der Waals surface area contributed by atoms with Gasteiger partial charge in [0.1, 0.15) is 0 Å². The van der Waals surface area contributed by atoms with Crippen LogP contribution in [0.25, 0.3) is 0 Å². The van der Waals surface area contributed by atoms with E-state index in [1.807, 2.05) is 24.4 Å². The Kier molecular flexibility index (Phi) is 5.42. The molecule has 7 nitrogen and oxygen atoms in total. The molecular weight excluding hydrogens is 320 g/mol. The van der Waals surface area contributed by atoms with Gasteiger partial charge in [0.05, 0.1) is 16.5 Å². The van der Waals surface area contributed by atoms with E-state index in [0.29, 0.717) is 0 Å². The molecule has 23 heavy (non-hydrogen) atoms. The van der Waals surface area contributed by atoms with Crippen LogP contribution in [0.2, 0.25) is 0 Å². The van der Waals surface area contributed by atoms with Gasteiger partial charge in [-0.3, -0.25) is 14.9 Å². The van der Waals surface area contributed by atoms with E-state index >= 15 is 0 Å². The SMILES string of the molecule is C[C@H](NC(=O)COC(=O)c1ccc([N+](=O)[O-])cc1)c1cccs1. The molecule has 1 aromatic heterocycles. The number of benzene rings is 1. The van der Waals surface area contributed by atoms with Gasteiger partial charge in [-0.2, -0.15) is 0 Å². The molecule has 1 aromatic carbocycles. The lowest BCUT2D eigenvalue weighted by Gasteiger charge is -2.12. The maximum Gasteiger partial charge on any atom is 0.338 e. The number of carbonyl (C=O) groups is 2. The van der Waals surface area contributed by atoms with Gasteiger partial charge in [-0.05, 0) is 30.5 Å². The quantitative estimate of drug-likeness (QED) is 0.497. The van der Waals surface area contributed by atoms with Gasteiger partial charge < -0.3 is 10.1 Å². The van der Waals surface area contributed by atoms with E-state index < -0.39 is 23.4 Å². The van der Waals surface area contributed by atoms with E-state index in [1.165, 1.54) is 35.6 Å². The van der Waals surface area contributed by atoms with Gasteiger partial charge in [0.25, 0.3) is 11.6 Å². The molecule has 1 atom stereocenters. The Morgan fingerprint density at radius 3 is 2.57 bits per heavy atom. The van der Waals surface area contributed by atoms with Gasteiger partial charge in [-0.1, -0.05) is 6.07 Å². The fourth-order valence-electron chi connectivity index (χ4n) is 1.83. The summed E-state index contributed by atoms with van der Waals surface area (Å²) in [5, 5.41) is 15.2. The summed E-state index contributed by atoms with van der Waals surface area (Å²) < 4.78 is 4.89. The van der Waals surface area contributed by atoms with Crippen LogP contribution in [-0.2, 0) is 9.53 Å². The Hall–Kier alpha value is -2.74. The highest BCUT2D eigenvalue weighted by Gasteiger charge is 2.14. The van der Waals surface area contributed by atoms with Crippen molar-refractivity contribution in [1.82, 2.24) is 5.32 Å². The number of hydrogen-bond donors (Lipinski definition) is 1. The lowest BCUT2D eigenvalue weighted by molar-refractivity contribution is -0.384. The number of nitro groups is 1. The smallest absolute Gasteiger partial charge is 0.338 e. The first kappa shape index (κ1) is 16.6. The van der Waals surface area contributed by atoms with Crippen molar-refractivity contribution in [2.75, 3.05) is 6.61 Å². The second-order valence-electron chi connectivity index (χ2n) is 4.68. The van der Waals surface area contributed by atoms with Crippen molar-refractivity contribution >= 4 is 28.9 Å². The van der Waals surface area contributed by atoms with Crippen molar-refractivity contribution in [2.45, 2.75) is 13.0 Å². The maximum absolute atomic E-state index is 11.8. The minimum atomic E-state index is -0.709. The van der Waals surface area contributed by atoms with Crippen LogP contribution in [0, 0.1) is 10.1 Å². The number of nitro benzene ring substituents is 1. The summed E-state index contributed by atoms with van der Waals surface area (Å²) >= 11 is 1.52. The Balaban J connectivity index is 1.83. The van der Waals surface area contributed by atoms with Gasteiger partial charge in [-0.15, -0.1) is 11.3 Å². The van der Waals surface area contributed by atoms with E-state index in [4.69, 9.17) is 4.74 Å². The summed E-state index contributed by atoms with van der Waals surface area (Å²) in [5.41, 5.74) is 0.0266. The van der Waals surface area contributed by atoms with Gasteiger partial charge >= 0.3 is 5.97 Å². The average Bonchev–Trinajstić information content (AvgIpc) is 3.07. The Bertz CT molecular complexity index is 697. The number of amides is 1. The molecule has 0 spiro atoms. The summed E-state index contributed by atoms with van der Waals surface area (Å²) in [4.78, 5) is 34.5. The van der Waals surface area contributed by atoms with E-state index in [0.717, 1.165) is 4.88 Å². The molecule has 8 heteroatoms. The van der Waals surface area contributed by atoms with Crippen LogP contribution in [0.5, 0.6) is 0 Å². The molecule has 0 fully saturated rings. The number of nitrogens with one attached hydrogen (secondary N) is 1. The molecule has 0 bridgehead atoms. The monoisotopic (exact) mass is 334 g/mol. The fraction of sp³-hybridized carbons (Fsp3) is 0.200. The van der Waals surface area contributed by atoms with Crippen LogP contribution in [0.1, 0.15) is 28.2 Å². The lowest BCUT2D eigenvalue weighted by Crippen LogP contribution is -2.30. The molecule has 0 aliphatic heterocycles. The van der Waals surface area contributed by atoms with Gasteiger partial charge in [0.2, 0.25) is 0 Å². The molecule has 0 saturated carbocycles. The van der Waals surface area contributed by atoms with Crippen LogP contribution in [-0.4, -0.2) is 23.4 Å². The maximum atomic E-state index is 11.8. The van der Waals surface area contributed by atoms with Crippen LogP contribution in [0.3, 0.4) is 0 Å². The molecule has 2 rings (SSSR count). The summed E-state index contributed by atoms with van der Waals surface area (Å²) in [6.07, 6.45) is 0. The zero-order valence-corrected chi connectivity index (χ0v) is 13.0. The molecule has 1 heterocycles. The van der Waals surface area contributed by atoms with Gasteiger partial charge in [0.15, 0.2) is 6.61 Å². The Labute approximate surface area is 136 Å². The molecular formula is C15H14N2O5S. The minimum absolute atomic E-state index is 0.121. The van der Waals surface area contributed by atoms with Crippen molar-refractivity contribution in [3.63, 3.8) is 0 Å². The van der Waals surface area contributed by atoms with Gasteiger partial charge in [-0.25, -0.2) is 4.79 Å². The number of ether oxygens (including phenoxy) is 1. The van der Waals surface area contributed by atoms with Crippen molar-refractivity contribution in [3.05, 3.63) is 62.3 Å². The highest BCUT2D eigenvalue weighted by Crippen LogP contribution is 2.18. The Morgan fingerprint density at radius 1 is 1.30 bits per heavy atom. The van der Waals surface area contributed by atoms with E-state index in [-0.39, 0.29) is 17.3 Å². The molecule has 0 aliphatic rings. The third-order valence-electron chi connectivity index (χ3n) is 3.00. The van der Waals surface area contributed by atoms with Gasteiger partial charge in [0, 0.05) is 17.0 Å². The molecule has 120 valence electrons. The largest absolute Gasteiger partial charge is 0.452 e. The number of carbonyl (C=O) groups excluding carboxylic acids is 2. The number of non-ortho nitro benzene ring substituents is 1. The molecule has 1 amide bonds. The van der Waals surface area contributed by atoms with Crippen LogP contribution in [0.4, 0.5) is 5.69 Å². The standard InChI is InChI=1S/C15H14N2O5S/c1-10(13-3-2-8-23-13)16-14(18)9-22-15(19)11-4-6-12(7-5-11)17(20)21/h2-8,10H,9H2,1H3,(H,16,18)/t10-/m0/s1. The number of esters is 1. The molecule has 2 aromatic rings. The molecule has 1 N–H and O–H groups in total. The minimum Gasteiger partial charge on any atom is -0.452 e. The summed E-state index contributed by atoms with van der Waals surface area (Å²) in [5.74, 6) is -1.13. The Morgan fingerprint density at radius 2 is 2.00 bits per heavy atom. The van der Waals surface area contributed by atoms with Crippen molar-refractivity contribution in [2.24, 2.45) is 0 Å². The molecule has 0 aliphatic carbocycles. The molecule has 0 radical (unpaired) electrons. The number of rotatable bonds is 6. The van der Waals surface area contributed by atoms with E-state index in [9.17, 15) is 19.7 Å². The summed E-state index contributed by atoms with van der Waals surface area (Å²) in [7, 11) is 0. The first-order chi connectivity index (χ1) is 11.0. The first-order valence-corrected chi connectivity index (χ1v) is 7.59. The first-order valence-electron chi connectivity index (χ1n) is 6.71. The lowest BCUT2D eigenvalue weighted by atomic mass is 10.2. The summed E-state index contributed by atoms with van der Waals surface area (Å²) in [6, 6.07) is 8.60. The average molecular weight is 334 g/mol. The van der Waals surface area contributed by atoms with Crippen LogP contribution < -0.4 is 5.32 Å².